The molecule has 0 spiro atoms. The van der Waals surface area contributed by atoms with Crippen molar-refractivity contribution in [3.63, 3.8) is 0 Å². The van der Waals surface area contributed by atoms with E-state index in [1.165, 1.54) is 4.57 Å². The predicted octanol–water partition coefficient (Wildman–Crippen LogP) is 2.31. The van der Waals surface area contributed by atoms with E-state index in [1.54, 1.807) is 0 Å². The van der Waals surface area contributed by atoms with Crippen LogP contribution in [0.4, 0.5) is 8.78 Å². The summed E-state index contributed by atoms with van der Waals surface area (Å²) >= 11 is 0. The maximum Gasteiger partial charge on any atom is 0.341 e. The van der Waals surface area contributed by atoms with Gasteiger partial charge in [-0.2, -0.15) is 0 Å². The van der Waals surface area contributed by atoms with E-state index in [1.807, 2.05) is 0 Å². The third-order valence-corrected chi connectivity index (χ3v) is 3.21. The number of halogens is 2. The molecule has 6 heteroatoms. The minimum atomic E-state index is -1.40. The number of hydrogen-bond donors (Lipinski definition) is 1. The van der Waals surface area contributed by atoms with Gasteiger partial charge >= 0.3 is 5.97 Å². The molecule has 4 nitrogen and oxygen atoms in total. The van der Waals surface area contributed by atoms with Gasteiger partial charge in [-0.25, -0.2) is 13.6 Å². The maximum atomic E-state index is 13.9. The van der Waals surface area contributed by atoms with Crippen LogP contribution in [0.5, 0.6) is 0 Å². The predicted molar refractivity (Wildman–Crippen MR) is 63.4 cm³/mol. The molecule has 2 aromatic rings. The Labute approximate surface area is 105 Å². The Kier molecular flexibility index (Phi) is 2.41. The van der Waals surface area contributed by atoms with Crippen molar-refractivity contribution in [2.45, 2.75) is 18.9 Å². The van der Waals surface area contributed by atoms with E-state index in [-0.39, 0.29) is 16.9 Å². The topological polar surface area (TPSA) is 59.3 Å². The zero-order valence-corrected chi connectivity index (χ0v) is 9.69. The maximum absolute atomic E-state index is 13.9. The molecule has 0 bridgehead atoms. The standard InChI is InChI=1S/C13H9F2NO3/c14-6-3-8-11(10(15)4-6)16(7-1-2-7)5-9(12(8)17)13(18)19/h3-5,7H,1-2H2,(H,18,19). The highest BCUT2D eigenvalue weighted by atomic mass is 19.1. The fourth-order valence-corrected chi connectivity index (χ4v) is 2.20. The van der Waals surface area contributed by atoms with E-state index in [4.69, 9.17) is 5.11 Å². The van der Waals surface area contributed by atoms with Crippen LogP contribution in [0.1, 0.15) is 29.2 Å². The molecule has 1 aliphatic rings. The first-order chi connectivity index (χ1) is 8.99. The van der Waals surface area contributed by atoms with Gasteiger partial charge in [0.2, 0.25) is 5.43 Å². The number of aromatic carboxylic acids is 1. The van der Waals surface area contributed by atoms with Crippen molar-refractivity contribution in [2.24, 2.45) is 0 Å². The smallest absolute Gasteiger partial charge is 0.341 e. The second-order valence-corrected chi connectivity index (χ2v) is 4.60. The van der Waals surface area contributed by atoms with Crippen molar-refractivity contribution in [1.82, 2.24) is 4.57 Å². The van der Waals surface area contributed by atoms with Crippen LogP contribution in [-0.4, -0.2) is 15.6 Å². The van der Waals surface area contributed by atoms with Crippen LogP contribution in [0.25, 0.3) is 10.9 Å². The molecule has 0 amide bonds. The third kappa shape index (κ3) is 1.80. The largest absolute Gasteiger partial charge is 0.477 e. The van der Waals surface area contributed by atoms with E-state index in [0.29, 0.717) is 6.07 Å². The molecule has 19 heavy (non-hydrogen) atoms. The molecule has 1 N–H and O–H groups in total. The van der Waals surface area contributed by atoms with Crippen molar-refractivity contribution in [1.29, 1.82) is 0 Å². The molecule has 1 fully saturated rings. The first kappa shape index (κ1) is 11.8. The van der Waals surface area contributed by atoms with Gasteiger partial charge in [0, 0.05) is 18.3 Å². The van der Waals surface area contributed by atoms with Gasteiger partial charge in [-0.05, 0) is 18.9 Å². The highest BCUT2D eigenvalue weighted by Crippen LogP contribution is 2.37. The number of aromatic nitrogens is 1. The van der Waals surface area contributed by atoms with Crippen LogP contribution in [-0.2, 0) is 0 Å². The van der Waals surface area contributed by atoms with Gasteiger partial charge in [-0.15, -0.1) is 0 Å². The molecule has 1 aromatic carbocycles. The first-order valence-corrected chi connectivity index (χ1v) is 5.76. The van der Waals surface area contributed by atoms with Crippen LogP contribution in [0.3, 0.4) is 0 Å². The summed E-state index contributed by atoms with van der Waals surface area (Å²) in [5, 5.41) is 8.76. The number of carbonyl (C=O) groups is 1. The number of carboxylic acid groups (broad SMARTS) is 1. The molecule has 0 aliphatic heterocycles. The van der Waals surface area contributed by atoms with Gasteiger partial charge < -0.3 is 9.67 Å². The molecule has 0 atom stereocenters. The van der Waals surface area contributed by atoms with Crippen molar-refractivity contribution < 1.29 is 18.7 Å². The van der Waals surface area contributed by atoms with Crippen molar-refractivity contribution in [3.05, 3.63) is 45.8 Å². The molecule has 1 aliphatic carbocycles. The molecule has 3 rings (SSSR count). The van der Waals surface area contributed by atoms with Gasteiger partial charge in [-0.1, -0.05) is 0 Å². The van der Waals surface area contributed by atoms with Gasteiger partial charge in [0.05, 0.1) is 10.9 Å². The Hall–Kier alpha value is -2.24. The number of pyridine rings is 1. The van der Waals surface area contributed by atoms with E-state index in [0.717, 1.165) is 25.1 Å². The second-order valence-electron chi connectivity index (χ2n) is 4.60. The van der Waals surface area contributed by atoms with Crippen LogP contribution in [0.2, 0.25) is 0 Å². The summed E-state index contributed by atoms with van der Waals surface area (Å²) in [5.41, 5.74) is -1.36. The molecular weight excluding hydrogens is 256 g/mol. The average molecular weight is 265 g/mol. The molecule has 1 aromatic heterocycles. The third-order valence-electron chi connectivity index (χ3n) is 3.21. The monoisotopic (exact) mass is 265 g/mol. The van der Waals surface area contributed by atoms with Crippen LogP contribution in [0.15, 0.2) is 23.1 Å². The zero-order chi connectivity index (χ0) is 13.7. The summed E-state index contributed by atoms with van der Waals surface area (Å²) < 4.78 is 28.5. The van der Waals surface area contributed by atoms with Crippen molar-refractivity contribution in [2.75, 3.05) is 0 Å². The van der Waals surface area contributed by atoms with Gasteiger partial charge in [-0.3, -0.25) is 4.79 Å². The van der Waals surface area contributed by atoms with E-state index in [2.05, 4.69) is 0 Å². The second kappa shape index (κ2) is 3.88. The molecule has 0 saturated heterocycles. The molecule has 0 radical (unpaired) electrons. The minimum absolute atomic E-state index is 0.0267. The highest BCUT2D eigenvalue weighted by molar-refractivity contribution is 5.92. The van der Waals surface area contributed by atoms with Gasteiger partial charge in [0.1, 0.15) is 11.4 Å². The summed E-state index contributed by atoms with van der Waals surface area (Å²) in [4.78, 5) is 23.0. The van der Waals surface area contributed by atoms with E-state index >= 15 is 0 Å². The van der Waals surface area contributed by atoms with Crippen LogP contribution in [0, 0.1) is 11.6 Å². The Morgan fingerprint density at radius 2 is 2.00 bits per heavy atom. The van der Waals surface area contributed by atoms with Crippen molar-refractivity contribution >= 4 is 16.9 Å². The summed E-state index contributed by atoms with van der Waals surface area (Å²) in [5.74, 6) is -3.14. The Morgan fingerprint density at radius 1 is 1.32 bits per heavy atom. The number of fused-ring (bicyclic) bond motifs is 1. The Balaban J connectivity index is 2.49. The summed E-state index contributed by atoms with van der Waals surface area (Å²) in [6.45, 7) is 0. The average Bonchev–Trinajstić information content (AvgIpc) is 3.13. The lowest BCUT2D eigenvalue weighted by atomic mass is 10.1. The highest BCUT2D eigenvalue weighted by Gasteiger charge is 2.28. The quantitative estimate of drug-likeness (QED) is 0.906. The lowest BCUT2D eigenvalue weighted by molar-refractivity contribution is 0.0695. The van der Waals surface area contributed by atoms with Gasteiger partial charge in [0.15, 0.2) is 5.82 Å². The van der Waals surface area contributed by atoms with E-state index in [9.17, 15) is 18.4 Å². The number of rotatable bonds is 2. The van der Waals surface area contributed by atoms with E-state index < -0.39 is 28.6 Å². The Morgan fingerprint density at radius 3 is 2.58 bits per heavy atom. The van der Waals surface area contributed by atoms with Gasteiger partial charge in [0.25, 0.3) is 0 Å². The molecule has 1 heterocycles. The fourth-order valence-electron chi connectivity index (χ4n) is 2.20. The first-order valence-electron chi connectivity index (χ1n) is 5.76. The summed E-state index contributed by atoms with van der Waals surface area (Å²) in [6, 6.07) is 1.55. The minimum Gasteiger partial charge on any atom is -0.477 e. The number of carboxylic acids is 1. The van der Waals surface area contributed by atoms with Crippen LogP contribution >= 0.6 is 0 Å². The summed E-state index contributed by atoms with van der Waals surface area (Å²) in [7, 11) is 0. The lowest BCUT2D eigenvalue weighted by Gasteiger charge is -2.12. The molecule has 1 saturated carbocycles. The normalized spacial score (nSPS) is 14.8. The molecule has 0 unspecified atom stereocenters. The van der Waals surface area contributed by atoms with Crippen molar-refractivity contribution in [3.8, 4) is 0 Å². The SMILES string of the molecule is O=C(O)c1cn(C2CC2)c2c(F)cc(F)cc2c1=O. The molecule has 98 valence electrons. The lowest BCUT2D eigenvalue weighted by Crippen LogP contribution is -2.19. The summed E-state index contributed by atoms with van der Waals surface area (Å²) in [6.07, 6.45) is 2.72. The molecular formula is C13H9F2NO3. The number of nitrogens with zero attached hydrogens (tertiary/aromatic N) is 1. The Bertz CT molecular complexity index is 763. The number of hydrogen-bond acceptors (Lipinski definition) is 2. The number of benzene rings is 1. The zero-order valence-electron chi connectivity index (χ0n) is 9.69. The van der Waals surface area contributed by atoms with Crippen LogP contribution < -0.4 is 5.43 Å². The fraction of sp³-hybridized carbons (Fsp3) is 0.231.